The molecular weight excluding hydrogens is 383 g/mol. The molecular formula is C19H18ClFN6O. The smallest absolute Gasteiger partial charge is 0.274 e. The quantitative estimate of drug-likeness (QED) is 0.676. The number of rotatable bonds is 3. The molecule has 3 heterocycles. The zero-order valence-corrected chi connectivity index (χ0v) is 16.0. The summed E-state index contributed by atoms with van der Waals surface area (Å²) in [4.78, 5) is 20.7. The minimum absolute atomic E-state index is 0.0968. The number of amides is 1. The second kappa shape index (κ2) is 7.55. The van der Waals surface area contributed by atoms with Crippen molar-refractivity contribution in [3.05, 3.63) is 65.1 Å². The number of nitrogens with zero attached hydrogens (tertiary/aromatic N) is 6. The van der Waals surface area contributed by atoms with Gasteiger partial charge in [-0.3, -0.25) is 9.36 Å². The summed E-state index contributed by atoms with van der Waals surface area (Å²) in [6.07, 6.45) is 3.48. The molecule has 0 bridgehead atoms. The van der Waals surface area contributed by atoms with Gasteiger partial charge in [-0.15, -0.1) is 10.2 Å². The van der Waals surface area contributed by atoms with Crippen molar-refractivity contribution in [2.24, 2.45) is 0 Å². The standard InChI is InChI=1S/C19H18ClFN6O/c1-13-22-6-7-27(13)18-5-4-17(23-24-18)19(28)26-10-8-25(9-11-26)14-2-3-16(21)15(20)12-14/h2-7,12H,8-11H2,1H3. The van der Waals surface area contributed by atoms with Crippen molar-refractivity contribution in [1.29, 1.82) is 0 Å². The monoisotopic (exact) mass is 400 g/mol. The van der Waals surface area contributed by atoms with Crippen molar-refractivity contribution >= 4 is 23.2 Å². The molecule has 1 saturated heterocycles. The second-order valence-electron chi connectivity index (χ2n) is 6.50. The van der Waals surface area contributed by atoms with Crippen LogP contribution < -0.4 is 4.90 Å². The number of hydrogen-bond acceptors (Lipinski definition) is 5. The molecule has 2 aromatic heterocycles. The molecule has 1 fully saturated rings. The van der Waals surface area contributed by atoms with E-state index in [4.69, 9.17) is 11.6 Å². The number of carbonyl (C=O) groups excluding carboxylic acids is 1. The maximum absolute atomic E-state index is 13.3. The summed E-state index contributed by atoms with van der Waals surface area (Å²) in [5.41, 5.74) is 1.15. The number of halogens is 2. The van der Waals surface area contributed by atoms with E-state index < -0.39 is 5.82 Å². The van der Waals surface area contributed by atoms with Crippen LogP contribution in [0.15, 0.2) is 42.7 Å². The number of carbonyl (C=O) groups is 1. The van der Waals surface area contributed by atoms with E-state index in [1.54, 1.807) is 46.1 Å². The lowest BCUT2D eigenvalue weighted by molar-refractivity contribution is 0.0739. The van der Waals surface area contributed by atoms with Crippen molar-refractivity contribution in [3.8, 4) is 5.82 Å². The molecule has 0 saturated carbocycles. The number of aromatic nitrogens is 4. The molecule has 144 valence electrons. The third-order valence-electron chi connectivity index (χ3n) is 4.78. The van der Waals surface area contributed by atoms with Gasteiger partial charge in [0.05, 0.1) is 5.02 Å². The van der Waals surface area contributed by atoms with Crippen LogP contribution in [0.5, 0.6) is 0 Å². The minimum atomic E-state index is -0.438. The van der Waals surface area contributed by atoms with Crippen LogP contribution in [0.1, 0.15) is 16.3 Å². The van der Waals surface area contributed by atoms with Crippen LogP contribution in [-0.4, -0.2) is 56.7 Å². The summed E-state index contributed by atoms with van der Waals surface area (Å²) >= 11 is 5.86. The first-order valence-electron chi connectivity index (χ1n) is 8.86. The molecule has 0 aliphatic carbocycles. The van der Waals surface area contributed by atoms with Crippen LogP contribution in [0.25, 0.3) is 5.82 Å². The minimum Gasteiger partial charge on any atom is -0.368 e. The van der Waals surface area contributed by atoms with Crippen LogP contribution in [0.3, 0.4) is 0 Å². The molecule has 28 heavy (non-hydrogen) atoms. The number of hydrogen-bond donors (Lipinski definition) is 0. The maximum atomic E-state index is 13.3. The Bertz CT molecular complexity index is 998. The molecule has 1 amide bonds. The van der Waals surface area contributed by atoms with E-state index in [-0.39, 0.29) is 10.9 Å². The van der Waals surface area contributed by atoms with E-state index in [9.17, 15) is 9.18 Å². The van der Waals surface area contributed by atoms with Gasteiger partial charge in [0.15, 0.2) is 11.5 Å². The summed E-state index contributed by atoms with van der Waals surface area (Å²) in [5, 5.41) is 8.33. The summed E-state index contributed by atoms with van der Waals surface area (Å²) in [5.74, 6) is 0.820. The summed E-state index contributed by atoms with van der Waals surface area (Å²) in [6, 6.07) is 8.09. The molecule has 0 spiro atoms. The summed E-state index contributed by atoms with van der Waals surface area (Å²) < 4.78 is 15.1. The zero-order chi connectivity index (χ0) is 19.7. The van der Waals surface area contributed by atoms with E-state index in [0.29, 0.717) is 37.7 Å². The fraction of sp³-hybridized carbons (Fsp3) is 0.263. The number of benzene rings is 1. The van der Waals surface area contributed by atoms with Gasteiger partial charge in [0.2, 0.25) is 0 Å². The Morgan fingerprint density at radius 2 is 1.89 bits per heavy atom. The first kappa shape index (κ1) is 18.4. The molecule has 3 aromatic rings. The van der Waals surface area contributed by atoms with Crippen molar-refractivity contribution in [1.82, 2.24) is 24.6 Å². The van der Waals surface area contributed by atoms with Crippen molar-refractivity contribution in [2.45, 2.75) is 6.92 Å². The van der Waals surface area contributed by atoms with E-state index in [2.05, 4.69) is 20.1 Å². The summed E-state index contributed by atoms with van der Waals surface area (Å²) in [7, 11) is 0. The fourth-order valence-electron chi connectivity index (χ4n) is 3.20. The SMILES string of the molecule is Cc1nccn1-c1ccc(C(=O)N2CCN(c3ccc(F)c(Cl)c3)CC2)nn1. The van der Waals surface area contributed by atoms with Gasteiger partial charge in [-0.1, -0.05) is 11.6 Å². The average molecular weight is 401 g/mol. The molecule has 1 aliphatic heterocycles. The van der Waals surface area contributed by atoms with Crippen molar-refractivity contribution in [3.63, 3.8) is 0 Å². The van der Waals surface area contributed by atoms with Gasteiger partial charge in [0.1, 0.15) is 11.6 Å². The fourth-order valence-corrected chi connectivity index (χ4v) is 3.37. The highest BCUT2D eigenvalue weighted by Gasteiger charge is 2.24. The topological polar surface area (TPSA) is 67.2 Å². The third kappa shape index (κ3) is 3.55. The predicted molar refractivity (Wildman–Crippen MR) is 103 cm³/mol. The highest BCUT2D eigenvalue weighted by molar-refractivity contribution is 6.31. The highest BCUT2D eigenvalue weighted by atomic mass is 35.5. The second-order valence-corrected chi connectivity index (χ2v) is 6.91. The van der Waals surface area contributed by atoms with Crippen LogP contribution in [0, 0.1) is 12.7 Å². The zero-order valence-electron chi connectivity index (χ0n) is 15.2. The van der Waals surface area contributed by atoms with Gasteiger partial charge >= 0.3 is 0 Å². The van der Waals surface area contributed by atoms with Crippen LogP contribution in [0.2, 0.25) is 5.02 Å². The van der Waals surface area contributed by atoms with Gasteiger partial charge in [-0.2, -0.15) is 0 Å². The van der Waals surface area contributed by atoms with Crippen LogP contribution in [0.4, 0.5) is 10.1 Å². The van der Waals surface area contributed by atoms with Crippen LogP contribution >= 0.6 is 11.6 Å². The lowest BCUT2D eigenvalue weighted by Gasteiger charge is -2.36. The molecule has 9 heteroatoms. The van der Waals surface area contributed by atoms with Gasteiger partial charge in [0, 0.05) is 44.3 Å². The molecule has 0 atom stereocenters. The molecule has 0 unspecified atom stereocenters. The van der Waals surface area contributed by atoms with Crippen molar-refractivity contribution in [2.75, 3.05) is 31.1 Å². The molecule has 7 nitrogen and oxygen atoms in total. The van der Waals surface area contributed by atoms with Gasteiger partial charge < -0.3 is 9.80 Å². The maximum Gasteiger partial charge on any atom is 0.274 e. The Morgan fingerprint density at radius 3 is 2.50 bits per heavy atom. The summed E-state index contributed by atoms with van der Waals surface area (Å²) in [6.45, 7) is 4.21. The number of anilines is 1. The van der Waals surface area contributed by atoms with E-state index >= 15 is 0 Å². The predicted octanol–water partition coefficient (Wildman–Crippen LogP) is 2.73. The third-order valence-corrected chi connectivity index (χ3v) is 5.07. The highest BCUT2D eigenvalue weighted by Crippen LogP contribution is 2.23. The Labute approximate surface area is 166 Å². The number of piperazine rings is 1. The average Bonchev–Trinajstić information content (AvgIpc) is 3.16. The van der Waals surface area contributed by atoms with E-state index in [0.717, 1.165) is 11.5 Å². The molecule has 1 aliphatic rings. The van der Waals surface area contributed by atoms with Crippen molar-refractivity contribution < 1.29 is 9.18 Å². The normalized spacial score (nSPS) is 14.4. The molecule has 0 radical (unpaired) electrons. The first-order chi connectivity index (χ1) is 13.5. The Hall–Kier alpha value is -3.00. The number of imidazole rings is 1. The van der Waals surface area contributed by atoms with Gasteiger partial charge in [-0.25, -0.2) is 9.37 Å². The lowest BCUT2D eigenvalue weighted by atomic mass is 10.2. The van der Waals surface area contributed by atoms with E-state index in [1.165, 1.54) is 6.07 Å². The lowest BCUT2D eigenvalue weighted by Crippen LogP contribution is -2.49. The molecule has 1 aromatic carbocycles. The Kier molecular flexibility index (Phi) is 4.95. The van der Waals surface area contributed by atoms with Gasteiger partial charge in [-0.05, 0) is 37.3 Å². The Balaban J connectivity index is 1.41. The van der Waals surface area contributed by atoms with Gasteiger partial charge in [0.25, 0.3) is 5.91 Å². The molecule has 0 N–H and O–H groups in total. The van der Waals surface area contributed by atoms with E-state index in [1.807, 2.05) is 6.92 Å². The number of aryl methyl sites for hydroxylation is 1. The Morgan fingerprint density at radius 1 is 1.11 bits per heavy atom. The first-order valence-corrected chi connectivity index (χ1v) is 9.24. The molecule has 4 rings (SSSR count). The largest absolute Gasteiger partial charge is 0.368 e. The van der Waals surface area contributed by atoms with Crippen LogP contribution in [-0.2, 0) is 0 Å².